The molecule has 0 aromatic carbocycles. The molecule has 3 rings (SSSR count). The molecule has 1 aromatic rings. The third-order valence-corrected chi connectivity index (χ3v) is 4.15. The van der Waals surface area contributed by atoms with Gasteiger partial charge in [0, 0.05) is 37.9 Å². The van der Waals surface area contributed by atoms with Crippen LogP contribution in [-0.2, 0) is 13.1 Å². The van der Waals surface area contributed by atoms with Gasteiger partial charge in [-0.3, -0.25) is 9.58 Å². The van der Waals surface area contributed by atoms with Crippen LogP contribution in [0.1, 0.15) is 38.3 Å². The highest BCUT2D eigenvalue weighted by Crippen LogP contribution is 2.29. The van der Waals surface area contributed by atoms with Crippen molar-refractivity contribution in [2.45, 2.75) is 57.8 Å². The Labute approximate surface area is 109 Å². The summed E-state index contributed by atoms with van der Waals surface area (Å²) in [6, 6.07) is 3.71. The molecule has 0 amide bonds. The monoisotopic (exact) mass is 248 g/mol. The van der Waals surface area contributed by atoms with Crippen LogP contribution < -0.4 is 5.32 Å². The van der Waals surface area contributed by atoms with Crippen LogP contribution in [0.5, 0.6) is 0 Å². The van der Waals surface area contributed by atoms with Gasteiger partial charge in [-0.15, -0.1) is 0 Å². The molecule has 1 saturated carbocycles. The van der Waals surface area contributed by atoms with Gasteiger partial charge in [0.25, 0.3) is 0 Å². The van der Waals surface area contributed by atoms with Crippen molar-refractivity contribution in [3.8, 4) is 0 Å². The molecule has 1 N–H and O–H groups in total. The Morgan fingerprint density at radius 1 is 1.44 bits per heavy atom. The molecule has 2 aliphatic rings. The largest absolute Gasteiger partial charge is 0.313 e. The lowest BCUT2D eigenvalue weighted by molar-refractivity contribution is 0.224. The summed E-state index contributed by atoms with van der Waals surface area (Å²) in [7, 11) is 0. The molecule has 2 fully saturated rings. The fourth-order valence-corrected chi connectivity index (χ4v) is 2.97. The van der Waals surface area contributed by atoms with Gasteiger partial charge in [0.2, 0.25) is 0 Å². The average molecular weight is 248 g/mol. The number of aromatic nitrogens is 2. The van der Waals surface area contributed by atoms with Gasteiger partial charge in [-0.25, -0.2) is 0 Å². The van der Waals surface area contributed by atoms with Crippen molar-refractivity contribution in [1.82, 2.24) is 20.0 Å². The van der Waals surface area contributed by atoms with Crippen molar-refractivity contribution in [2.24, 2.45) is 0 Å². The minimum atomic E-state index is 0.712. The molecular formula is C14H24N4. The lowest BCUT2D eigenvalue weighted by Gasteiger charge is -2.25. The Balaban J connectivity index is 1.62. The fourth-order valence-electron chi connectivity index (χ4n) is 2.97. The van der Waals surface area contributed by atoms with Crippen molar-refractivity contribution in [2.75, 3.05) is 13.1 Å². The Hall–Kier alpha value is -0.870. The number of nitrogens with one attached hydrogen (secondary N) is 1. The standard InChI is InChI=1S/C14H24N4/c1-2-18-14(7-9-16-18)11-17(13-5-6-13)10-12-4-3-8-15-12/h7,9,12-13,15H,2-6,8,10-11H2,1H3. The first-order valence-electron chi connectivity index (χ1n) is 7.35. The SMILES string of the molecule is CCn1nccc1CN(CC1CCCN1)C1CC1. The zero-order valence-electron chi connectivity index (χ0n) is 11.3. The van der Waals surface area contributed by atoms with Crippen molar-refractivity contribution >= 4 is 0 Å². The molecule has 1 aliphatic carbocycles. The third-order valence-electron chi connectivity index (χ3n) is 4.15. The molecule has 4 heteroatoms. The van der Waals surface area contributed by atoms with E-state index in [1.54, 1.807) is 0 Å². The molecule has 1 unspecified atom stereocenters. The molecule has 0 radical (unpaired) electrons. The summed E-state index contributed by atoms with van der Waals surface area (Å²) in [6.45, 7) is 6.62. The first kappa shape index (κ1) is 12.2. The molecule has 1 saturated heterocycles. The number of rotatable bonds is 6. The van der Waals surface area contributed by atoms with Crippen molar-refractivity contribution in [3.05, 3.63) is 18.0 Å². The van der Waals surface area contributed by atoms with Crippen molar-refractivity contribution < 1.29 is 0 Å². The predicted molar refractivity (Wildman–Crippen MR) is 72.4 cm³/mol. The second-order valence-electron chi connectivity index (χ2n) is 5.59. The Kier molecular flexibility index (Phi) is 3.66. The zero-order valence-corrected chi connectivity index (χ0v) is 11.3. The van der Waals surface area contributed by atoms with E-state index >= 15 is 0 Å². The summed E-state index contributed by atoms with van der Waals surface area (Å²) >= 11 is 0. The summed E-state index contributed by atoms with van der Waals surface area (Å²) < 4.78 is 2.12. The summed E-state index contributed by atoms with van der Waals surface area (Å²) in [5.74, 6) is 0. The number of nitrogens with zero attached hydrogens (tertiary/aromatic N) is 3. The van der Waals surface area contributed by atoms with Gasteiger partial charge in [-0.05, 0) is 45.2 Å². The summed E-state index contributed by atoms with van der Waals surface area (Å²) in [6.07, 6.45) is 7.38. The highest BCUT2D eigenvalue weighted by atomic mass is 15.3. The average Bonchev–Trinajstić information content (AvgIpc) is 2.92. The van der Waals surface area contributed by atoms with E-state index in [9.17, 15) is 0 Å². The summed E-state index contributed by atoms with van der Waals surface area (Å²) in [5, 5.41) is 7.99. The van der Waals surface area contributed by atoms with Crippen LogP contribution in [0.25, 0.3) is 0 Å². The van der Waals surface area contributed by atoms with Crippen LogP contribution in [0, 0.1) is 0 Å². The second kappa shape index (κ2) is 5.41. The summed E-state index contributed by atoms with van der Waals surface area (Å²) in [4.78, 5) is 2.66. The van der Waals surface area contributed by atoms with Gasteiger partial charge in [-0.2, -0.15) is 5.10 Å². The Morgan fingerprint density at radius 3 is 3.00 bits per heavy atom. The lowest BCUT2D eigenvalue weighted by atomic mass is 10.2. The molecule has 1 aliphatic heterocycles. The lowest BCUT2D eigenvalue weighted by Crippen LogP contribution is -2.38. The van der Waals surface area contributed by atoms with E-state index in [-0.39, 0.29) is 0 Å². The maximum Gasteiger partial charge on any atom is 0.0524 e. The first-order valence-corrected chi connectivity index (χ1v) is 7.35. The van der Waals surface area contributed by atoms with Crippen LogP contribution >= 0.6 is 0 Å². The molecule has 0 bridgehead atoms. The van der Waals surface area contributed by atoms with Gasteiger partial charge >= 0.3 is 0 Å². The van der Waals surface area contributed by atoms with Crippen LogP contribution in [0.3, 0.4) is 0 Å². The van der Waals surface area contributed by atoms with E-state index in [1.807, 2.05) is 6.20 Å². The molecule has 4 nitrogen and oxygen atoms in total. The molecule has 100 valence electrons. The van der Waals surface area contributed by atoms with E-state index < -0.39 is 0 Å². The van der Waals surface area contributed by atoms with E-state index in [0.717, 1.165) is 19.1 Å². The van der Waals surface area contributed by atoms with Gasteiger partial charge in [0.05, 0.1) is 5.69 Å². The summed E-state index contributed by atoms with van der Waals surface area (Å²) in [5.41, 5.74) is 1.36. The minimum absolute atomic E-state index is 0.712. The van der Waals surface area contributed by atoms with Gasteiger partial charge in [0.15, 0.2) is 0 Å². The molecule has 18 heavy (non-hydrogen) atoms. The molecule has 1 atom stereocenters. The number of aryl methyl sites for hydroxylation is 1. The highest BCUT2D eigenvalue weighted by Gasteiger charge is 2.31. The van der Waals surface area contributed by atoms with Gasteiger partial charge in [-0.1, -0.05) is 0 Å². The van der Waals surface area contributed by atoms with Crippen LogP contribution in [0.2, 0.25) is 0 Å². The maximum absolute atomic E-state index is 4.37. The molecule has 0 spiro atoms. The van der Waals surface area contributed by atoms with E-state index in [4.69, 9.17) is 0 Å². The zero-order chi connectivity index (χ0) is 12.4. The van der Waals surface area contributed by atoms with Crippen LogP contribution in [0.15, 0.2) is 12.3 Å². The quantitative estimate of drug-likeness (QED) is 0.830. The Bertz CT molecular complexity index is 377. The number of hydrogen-bond donors (Lipinski definition) is 1. The first-order chi connectivity index (χ1) is 8.86. The highest BCUT2D eigenvalue weighted by molar-refractivity contribution is 5.02. The predicted octanol–water partition coefficient (Wildman–Crippen LogP) is 1.62. The molecule has 2 heterocycles. The van der Waals surface area contributed by atoms with Crippen molar-refractivity contribution in [1.29, 1.82) is 0 Å². The van der Waals surface area contributed by atoms with Crippen molar-refractivity contribution in [3.63, 3.8) is 0 Å². The second-order valence-corrected chi connectivity index (χ2v) is 5.59. The molecular weight excluding hydrogens is 224 g/mol. The normalized spacial score (nSPS) is 24.0. The van der Waals surface area contributed by atoms with E-state index in [0.29, 0.717) is 6.04 Å². The third kappa shape index (κ3) is 2.75. The number of hydrogen-bond acceptors (Lipinski definition) is 3. The van der Waals surface area contributed by atoms with E-state index in [2.05, 4.69) is 33.0 Å². The minimum Gasteiger partial charge on any atom is -0.313 e. The van der Waals surface area contributed by atoms with Crippen LogP contribution in [0.4, 0.5) is 0 Å². The Morgan fingerprint density at radius 2 is 2.33 bits per heavy atom. The smallest absolute Gasteiger partial charge is 0.0524 e. The van der Waals surface area contributed by atoms with Crippen LogP contribution in [-0.4, -0.2) is 39.9 Å². The maximum atomic E-state index is 4.37. The van der Waals surface area contributed by atoms with E-state index in [1.165, 1.54) is 44.5 Å². The van der Waals surface area contributed by atoms with Gasteiger partial charge < -0.3 is 5.32 Å². The fraction of sp³-hybridized carbons (Fsp3) is 0.786. The molecule has 1 aromatic heterocycles. The van der Waals surface area contributed by atoms with Gasteiger partial charge in [0.1, 0.15) is 0 Å². The topological polar surface area (TPSA) is 33.1 Å².